The zero-order chi connectivity index (χ0) is 31.9. The van der Waals surface area contributed by atoms with Crippen molar-refractivity contribution in [3.8, 4) is 28.0 Å². The molecule has 0 radical (unpaired) electrons. The predicted molar refractivity (Wildman–Crippen MR) is 193 cm³/mol. The van der Waals surface area contributed by atoms with Crippen molar-refractivity contribution >= 4 is 16.8 Å². The normalized spacial score (nSPS) is 15.5. The van der Waals surface area contributed by atoms with E-state index in [2.05, 4.69) is 123 Å². The maximum Gasteiger partial charge on any atom is 0.111 e. The molecule has 0 amide bonds. The standard InChI is InChI=1S/C44H47O.Zr/c1-24-14-16-31(26(3)18-24)41-33-13-11-12-30(33)22-36-34(41)20-28(5)39(36)40-29(6)21-35-37(40)23-38(44(7,8)9)43(45-10)42(35)32-17-15-25(2)19-27(32)4;/h14-23,39H,11-13H2,1-10H3;/q-1;. The van der Waals surface area contributed by atoms with Gasteiger partial charge in [-0.1, -0.05) is 92.9 Å². The molecule has 2 aliphatic carbocycles. The van der Waals surface area contributed by atoms with Gasteiger partial charge in [0.25, 0.3) is 0 Å². The number of benzene rings is 4. The summed E-state index contributed by atoms with van der Waals surface area (Å²) in [4.78, 5) is 0. The molecule has 0 fully saturated rings. The van der Waals surface area contributed by atoms with E-state index in [0.29, 0.717) is 0 Å². The summed E-state index contributed by atoms with van der Waals surface area (Å²) in [7, 11) is 1.84. The molecule has 0 spiro atoms. The minimum atomic E-state index is -0.0786. The van der Waals surface area contributed by atoms with Gasteiger partial charge >= 0.3 is 0 Å². The molecule has 0 saturated carbocycles. The summed E-state index contributed by atoms with van der Waals surface area (Å²) in [5.74, 6) is 1.24. The maximum absolute atomic E-state index is 6.33. The largest absolute Gasteiger partial charge is 0.498 e. The van der Waals surface area contributed by atoms with Crippen LogP contribution in [0.1, 0.15) is 101 Å². The van der Waals surface area contributed by atoms with Crippen molar-refractivity contribution in [2.24, 2.45) is 0 Å². The SMILES string of the molecule is COc1c(C(C)(C)C)cc2c(cc(C)[c-]2C2C(C)=Cc3c2cc2c(c3-c3ccc(C)cc3C)CCC2)c1-c1ccc(C)cc1C.[Zr]. The van der Waals surface area contributed by atoms with Crippen LogP contribution in [0, 0.1) is 34.6 Å². The number of methoxy groups -OCH3 is 1. The van der Waals surface area contributed by atoms with E-state index in [0.717, 1.165) is 5.75 Å². The topological polar surface area (TPSA) is 9.23 Å². The van der Waals surface area contributed by atoms with E-state index in [1.165, 1.54) is 108 Å². The molecular weight excluding hydrogens is 636 g/mol. The first-order chi connectivity index (χ1) is 21.4. The zero-order valence-corrected chi connectivity index (χ0v) is 31.8. The Labute approximate surface area is 295 Å². The van der Waals surface area contributed by atoms with Crippen molar-refractivity contribution in [2.75, 3.05) is 7.11 Å². The van der Waals surface area contributed by atoms with Crippen LogP contribution < -0.4 is 4.74 Å². The summed E-state index contributed by atoms with van der Waals surface area (Å²) >= 11 is 0. The van der Waals surface area contributed by atoms with Gasteiger partial charge in [-0.3, -0.25) is 0 Å². The third-order valence-corrected chi connectivity index (χ3v) is 10.6. The van der Waals surface area contributed by atoms with Crippen LogP contribution in [0.3, 0.4) is 0 Å². The van der Waals surface area contributed by atoms with Crippen molar-refractivity contribution in [3.63, 3.8) is 0 Å². The molecule has 0 aromatic heterocycles. The van der Waals surface area contributed by atoms with E-state index >= 15 is 0 Å². The molecule has 1 unspecified atom stereocenters. The van der Waals surface area contributed by atoms with Crippen molar-refractivity contribution in [1.29, 1.82) is 0 Å². The van der Waals surface area contributed by atoms with Gasteiger partial charge in [-0.25, -0.2) is 0 Å². The van der Waals surface area contributed by atoms with Crippen LogP contribution in [0.2, 0.25) is 0 Å². The molecule has 5 aromatic carbocycles. The summed E-state index contributed by atoms with van der Waals surface area (Å²) < 4.78 is 6.33. The van der Waals surface area contributed by atoms with Crippen LogP contribution in [-0.2, 0) is 44.5 Å². The number of allylic oxidation sites excluding steroid dienone is 1. The van der Waals surface area contributed by atoms with Gasteiger partial charge in [0.2, 0.25) is 0 Å². The number of fused-ring (bicyclic) bond motifs is 3. The summed E-state index contributed by atoms with van der Waals surface area (Å²) in [6.45, 7) is 20.5. The van der Waals surface area contributed by atoms with Crippen LogP contribution in [0.25, 0.3) is 39.1 Å². The Bertz CT molecular complexity index is 2060. The number of rotatable bonds is 4. The Morgan fingerprint density at radius 3 is 1.98 bits per heavy atom. The summed E-state index contributed by atoms with van der Waals surface area (Å²) in [6, 6.07) is 21.3. The van der Waals surface area contributed by atoms with E-state index in [1.54, 1.807) is 11.1 Å². The average Bonchev–Trinajstić information content (AvgIpc) is 3.65. The van der Waals surface area contributed by atoms with Gasteiger partial charge in [0.1, 0.15) is 5.75 Å². The molecule has 7 rings (SSSR count). The van der Waals surface area contributed by atoms with Crippen LogP contribution in [0.4, 0.5) is 0 Å². The van der Waals surface area contributed by atoms with E-state index in [9.17, 15) is 0 Å². The Hall–Kier alpha value is -3.09. The van der Waals surface area contributed by atoms with Crippen LogP contribution >= 0.6 is 0 Å². The van der Waals surface area contributed by atoms with Crippen molar-refractivity contribution in [3.05, 3.63) is 121 Å². The molecule has 2 aliphatic rings. The van der Waals surface area contributed by atoms with Gasteiger partial charge in [-0.05, 0) is 126 Å². The molecule has 2 heteroatoms. The van der Waals surface area contributed by atoms with Crippen LogP contribution in [-0.4, -0.2) is 7.11 Å². The molecule has 0 N–H and O–H groups in total. The summed E-state index contributed by atoms with van der Waals surface area (Å²) in [5, 5.41) is 2.67. The first-order valence-electron chi connectivity index (χ1n) is 16.7. The first kappa shape index (κ1) is 32.8. The van der Waals surface area contributed by atoms with Gasteiger partial charge in [-0.15, -0.1) is 28.0 Å². The van der Waals surface area contributed by atoms with Gasteiger partial charge in [0.15, 0.2) is 0 Å². The molecule has 46 heavy (non-hydrogen) atoms. The number of aryl methyl sites for hydroxylation is 6. The minimum absolute atomic E-state index is 0. The number of ether oxygens (including phenoxy) is 1. The zero-order valence-electron chi connectivity index (χ0n) is 29.4. The molecule has 1 atom stereocenters. The Kier molecular flexibility index (Phi) is 8.47. The minimum Gasteiger partial charge on any atom is -0.498 e. The number of hydrogen-bond acceptors (Lipinski definition) is 1. The fourth-order valence-corrected chi connectivity index (χ4v) is 8.59. The quantitative estimate of drug-likeness (QED) is 0.171. The average molecular weight is 683 g/mol. The molecule has 0 aliphatic heterocycles. The van der Waals surface area contributed by atoms with E-state index in [-0.39, 0.29) is 37.5 Å². The summed E-state index contributed by atoms with van der Waals surface area (Å²) in [5.41, 5.74) is 22.2. The number of hydrogen-bond donors (Lipinski definition) is 0. The smallest absolute Gasteiger partial charge is 0.111 e. The molecule has 5 aromatic rings. The molecule has 1 nitrogen and oxygen atoms in total. The second-order valence-corrected chi connectivity index (χ2v) is 15.0. The maximum atomic E-state index is 6.33. The third-order valence-electron chi connectivity index (χ3n) is 10.6. The molecule has 234 valence electrons. The fourth-order valence-electron chi connectivity index (χ4n) is 8.59. The second kappa shape index (κ2) is 11.9. The fraction of sp³-hybridized carbons (Fsp3) is 0.341. The van der Waals surface area contributed by atoms with Crippen LogP contribution in [0.5, 0.6) is 5.75 Å². The Balaban J connectivity index is 0.00000372. The van der Waals surface area contributed by atoms with Crippen molar-refractivity contribution in [2.45, 2.75) is 92.9 Å². The third kappa shape index (κ3) is 5.11. The predicted octanol–water partition coefficient (Wildman–Crippen LogP) is 11.8. The molecule has 0 saturated heterocycles. The van der Waals surface area contributed by atoms with E-state index in [1.807, 2.05) is 7.11 Å². The monoisotopic (exact) mass is 681 g/mol. The van der Waals surface area contributed by atoms with Gasteiger partial charge in [0, 0.05) is 26.2 Å². The Morgan fingerprint density at radius 2 is 1.39 bits per heavy atom. The van der Waals surface area contributed by atoms with Crippen LogP contribution in [0.15, 0.2) is 60.2 Å². The van der Waals surface area contributed by atoms with Crippen molar-refractivity contribution in [1.82, 2.24) is 0 Å². The van der Waals surface area contributed by atoms with E-state index in [4.69, 9.17) is 4.74 Å². The second-order valence-electron chi connectivity index (χ2n) is 15.0. The first-order valence-corrected chi connectivity index (χ1v) is 16.7. The van der Waals surface area contributed by atoms with E-state index < -0.39 is 0 Å². The van der Waals surface area contributed by atoms with Gasteiger partial charge in [0.05, 0.1) is 7.11 Å². The molecular formula is C44H47OZr-. The molecule has 0 heterocycles. The summed E-state index contributed by atoms with van der Waals surface area (Å²) in [6.07, 6.45) is 6.12. The van der Waals surface area contributed by atoms with Crippen molar-refractivity contribution < 1.29 is 30.9 Å². The molecule has 0 bridgehead atoms. The Morgan fingerprint density at radius 1 is 0.761 bits per heavy atom. The van der Waals surface area contributed by atoms with Gasteiger partial charge < -0.3 is 4.74 Å². The van der Waals surface area contributed by atoms with Gasteiger partial charge in [-0.2, -0.15) is 6.07 Å².